The van der Waals surface area contributed by atoms with E-state index in [1.165, 1.54) is 5.56 Å². The number of hydrogen-bond donors (Lipinski definition) is 1. The molecule has 0 spiro atoms. The topological polar surface area (TPSA) is 58.6 Å². The molecule has 1 atom stereocenters. The molecular weight excluding hydrogens is 432 g/mol. The molecule has 2 heterocycles. The van der Waals surface area contributed by atoms with Gasteiger partial charge in [-0.25, -0.2) is 0 Å². The van der Waals surface area contributed by atoms with Gasteiger partial charge in [0.1, 0.15) is 0 Å². The van der Waals surface area contributed by atoms with Crippen LogP contribution in [0, 0.1) is 6.92 Å². The lowest BCUT2D eigenvalue weighted by atomic mass is 10.1. The molecule has 5 rings (SSSR count). The average molecular weight is 459 g/mol. The Morgan fingerprint density at radius 2 is 1.91 bits per heavy atom. The Morgan fingerprint density at radius 1 is 1.09 bits per heavy atom. The molecule has 6 heteroatoms. The van der Waals surface area contributed by atoms with Gasteiger partial charge in [-0.2, -0.15) is 0 Å². The molecule has 1 fully saturated rings. The molecule has 2 aliphatic rings. The van der Waals surface area contributed by atoms with Crippen molar-refractivity contribution >= 4 is 29.3 Å². The number of anilines is 1. The molecule has 1 N–H and O–H groups in total. The number of rotatable bonds is 5. The van der Waals surface area contributed by atoms with Crippen LogP contribution in [0.2, 0.25) is 0 Å². The molecule has 2 amide bonds. The molecule has 33 heavy (non-hydrogen) atoms. The highest BCUT2D eigenvalue weighted by Gasteiger charge is 2.28. The van der Waals surface area contributed by atoms with Crippen LogP contribution in [0.3, 0.4) is 0 Å². The van der Waals surface area contributed by atoms with Crippen molar-refractivity contribution in [2.75, 3.05) is 18.1 Å². The number of amides is 2. The average Bonchev–Trinajstić information content (AvgIpc) is 3.33. The highest BCUT2D eigenvalue weighted by molar-refractivity contribution is 7.99. The summed E-state index contributed by atoms with van der Waals surface area (Å²) in [6.45, 7) is 3.74. The van der Waals surface area contributed by atoms with Crippen LogP contribution < -0.4 is 10.2 Å². The maximum atomic E-state index is 13.6. The standard InChI is InChI=1S/C27H26N2O3S/c1-18-8-10-19(11-9-18)17-29-23-15-20(26(30)28-16-21-5-4-14-32-21)12-13-25(23)33-24-7-3-2-6-22(24)27(29)31/h2-3,6-13,15,21H,4-5,14,16-17H2,1H3,(H,28,30)/t21-/m1/s1. The minimum atomic E-state index is -0.150. The van der Waals surface area contributed by atoms with Crippen molar-refractivity contribution in [1.82, 2.24) is 5.32 Å². The lowest BCUT2D eigenvalue weighted by molar-refractivity contribution is 0.0857. The van der Waals surface area contributed by atoms with Crippen molar-refractivity contribution in [1.29, 1.82) is 0 Å². The summed E-state index contributed by atoms with van der Waals surface area (Å²) >= 11 is 1.56. The van der Waals surface area contributed by atoms with Crippen LogP contribution >= 0.6 is 11.8 Å². The normalized spacial score (nSPS) is 17.3. The number of nitrogens with one attached hydrogen (secondary N) is 1. The zero-order valence-electron chi connectivity index (χ0n) is 18.5. The number of aryl methyl sites for hydroxylation is 1. The molecule has 1 saturated heterocycles. The van der Waals surface area contributed by atoms with E-state index >= 15 is 0 Å². The van der Waals surface area contributed by atoms with Gasteiger partial charge in [-0.15, -0.1) is 0 Å². The predicted octanol–water partition coefficient (Wildman–Crippen LogP) is 5.22. The second kappa shape index (κ2) is 9.41. The lowest BCUT2D eigenvalue weighted by Gasteiger charge is -2.24. The van der Waals surface area contributed by atoms with Crippen molar-refractivity contribution in [3.05, 3.63) is 89.0 Å². The third-order valence-electron chi connectivity index (χ3n) is 6.07. The number of benzene rings is 3. The summed E-state index contributed by atoms with van der Waals surface area (Å²) in [4.78, 5) is 30.2. The molecule has 168 valence electrons. The summed E-state index contributed by atoms with van der Waals surface area (Å²) in [5, 5.41) is 2.99. The van der Waals surface area contributed by atoms with Crippen LogP contribution in [0.4, 0.5) is 5.69 Å². The highest BCUT2D eigenvalue weighted by atomic mass is 32.2. The zero-order valence-corrected chi connectivity index (χ0v) is 19.4. The first-order chi connectivity index (χ1) is 16.1. The minimum Gasteiger partial charge on any atom is -0.376 e. The number of carbonyl (C=O) groups excluding carboxylic acids is 2. The summed E-state index contributed by atoms with van der Waals surface area (Å²) in [6, 6.07) is 21.5. The fraction of sp³-hybridized carbons (Fsp3) is 0.259. The highest BCUT2D eigenvalue weighted by Crippen LogP contribution is 2.42. The van der Waals surface area contributed by atoms with Gasteiger partial charge in [0.05, 0.1) is 23.9 Å². The molecule has 0 aromatic heterocycles. The number of nitrogens with zero attached hydrogens (tertiary/aromatic N) is 1. The SMILES string of the molecule is Cc1ccc(CN2C(=O)c3ccccc3Sc3ccc(C(=O)NC[C@H]4CCCO4)cc32)cc1. The molecule has 0 saturated carbocycles. The van der Waals surface area contributed by atoms with Crippen molar-refractivity contribution in [3.8, 4) is 0 Å². The van der Waals surface area contributed by atoms with E-state index in [0.717, 1.165) is 40.5 Å². The Labute approximate surface area is 198 Å². The second-order valence-corrected chi connectivity index (χ2v) is 9.59. The number of hydrogen-bond acceptors (Lipinski definition) is 4. The Bertz CT molecular complexity index is 1190. The van der Waals surface area contributed by atoms with Crippen LogP contribution in [0.15, 0.2) is 76.5 Å². The Balaban J connectivity index is 1.49. The summed E-state index contributed by atoms with van der Waals surface area (Å²) in [6.07, 6.45) is 2.09. The van der Waals surface area contributed by atoms with Gasteiger partial charge < -0.3 is 15.0 Å². The maximum Gasteiger partial charge on any atom is 0.259 e. The quantitative estimate of drug-likeness (QED) is 0.570. The van der Waals surface area contributed by atoms with Crippen molar-refractivity contribution < 1.29 is 14.3 Å². The minimum absolute atomic E-state index is 0.0608. The zero-order chi connectivity index (χ0) is 22.8. The van der Waals surface area contributed by atoms with Crippen molar-refractivity contribution in [2.24, 2.45) is 0 Å². The molecule has 2 aliphatic heterocycles. The smallest absolute Gasteiger partial charge is 0.259 e. The lowest BCUT2D eigenvalue weighted by Crippen LogP contribution is -2.33. The summed E-state index contributed by atoms with van der Waals surface area (Å²) in [5.41, 5.74) is 4.19. The van der Waals surface area contributed by atoms with Gasteiger partial charge in [0.15, 0.2) is 0 Å². The number of ether oxygens (including phenoxy) is 1. The van der Waals surface area contributed by atoms with Gasteiger partial charge >= 0.3 is 0 Å². The first-order valence-electron chi connectivity index (χ1n) is 11.3. The van der Waals surface area contributed by atoms with Crippen molar-refractivity contribution in [2.45, 2.75) is 42.2 Å². The first-order valence-corrected chi connectivity index (χ1v) is 12.1. The molecule has 0 bridgehead atoms. The van der Waals surface area contributed by atoms with Gasteiger partial charge in [0.25, 0.3) is 11.8 Å². The summed E-state index contributed by atoms with van der Waals surface area (Å²) < 4.78 is 5.62. The predicted molar refractivity (Wildman–Crippen MR) is 130 cm³/mol. The van der Waals surface area contributed by atoms with E-state index in [0.29, 0.717) is 24.2 Å². The van der Waals surface area contributed by atoms with E-state index in [1.807, 2.05) is 61.5 Å². The Hall–Kier alpha value is -3.09. The third kappa shape index (κ3) is 4.68. The van der Waals surface area contributed by atoms with E-state index in [4.69, 9.17) is 4.74 Å². The third-order valence-corrected chi connectivity index (χ3v) is 7.21. The number of carbonyl (C=O) groups is 2. The molecule has 3 aromatic rings. The molecule has 0 radical (unpaired) electrons. The molecule has 3 aromatic carbocycles. The van der Waals surface area contributed by atoms with Gasteiger partial charge in [0.2, 0.25) is 0 Å². The molecular formula is C27H26N2O3S. The van der Waals surface area contributed by atoms with Gasteiger partial charge in [-0.1, -0.05) is 53.7 Å². The molecule has 0 unspecified atom stereocenters. The molecule has 5 nitrogen and oxygen atoms in total. The van der Waals surface area contributed by atoms with Crippen LogP contribution in [-0.2, 0) is 11.3 Å². The van der Waals surface area contributed by atoms with E-state index < -0.39 is 0 Å². The Kier molecular flexibility index (Phi) is 6.20. The van der Waals surface area contributed by atoms with Crippen LogP contribution in [0.5, 0.6) is 0 Å². The van der Waals surface area contributed by atoms with Crippen molar-refractivity contribution in [3.63, 3.8) is 0 Å². The summed E-state index contributed by atoms with van der Waals surface area (Å²) in [5.74, 6) is -0.211. The van der Waals surface area contributed by atoms with E-state index in [1.54, 1.807) is 16.7 Å². The monoisotopic (exact) mass is 458 g/mol. The summed E-state index contributed by atoms with van der Waals surface area (Å²) in [7, 11) is 0. The fourth-order valence-corrected chi connectivity index (χ4v) is 5.27. The Morgan fingerprint density at radius 3 is 2.70 bits per heavy atom. The second-order valence-electron chi connectivity index (χ2n) is 8.50. The van der Waals surface area contributed by atoms with E-state index in [9.17, 15) is 9.59 Å². The van der Waals surface area contributed by atoms with E-state index in [-0.39, 0.29) is 17.9 Å². The van der Waals surface area contributed by atoms with Gasteiger partial charge in [-0.3, -0.25) is 9.59 Å². The van der Waals surface area contributed by atoms with Crippen LogP contribution in [0.25, 0.3) is 0 Å². The van der Waals surface area contributed by atoms with Gasteiger partial charge in [0, 0.05) is 28.5 Å². The first kappa shape index (κ1) is 21.7. The maximum absolute atomic E-state index is 13.6. The largest absolute Gasteiger partial charge is 0.376 e. The van der Waals surface area contributed by atoms with Crippen LogP contribution in [0.1, 0.15) is 44.7 Å². The number of fused-ring (bicyclic) bond motifs is 2. The fourth-order valence-electron chi connectivity index (χ4n) is 4.21. The van der Waals surface area contributed by atoms with Gasteiger partial charge in [-0.05, 0) is 55.7 Å². The molecule has 0 aliphatic carbocycles. The van der Waals surface area contributed by atoms with E-state index in [2.05, 4.69) is 17.4 Å². The van der Waals surface area contributed by atoms with Crippen LogP contribution in [-0.4, -0.2) is 31.1 Å².